The zero-order chi connectivity index (χ0) is 13.4. The molecule has 0 aliphatic rings. The minimum atomic E-state index is -0.341. The number of methoxy groups -OCH3 is 1. The highest BCUT2D eigenvalue weighted by atomic mass is 35.5. The van der Waals surface area contributed by atoms with Gasteiger partial charge in [-0.05, 0) is 18.2 Å². The fourth-order valence-corrected chi connectivity index (χ4v) is 1.54. The van der Waals surface area contributed by atoms with Crippen molar-refractivity contribution in [3.63, 3.8) is 0 Å². The van der Waals surface area contributed by atoms with Crippen LogP contribution in [0.15, 0.2) is 18.2 Å². The highest BCUT2D eigenvalue weighted by Crippen LogP contribution is 2.14. The second-order valence-electron chi connectivity index (χ2n) is 3.68. The molecular formula is C12H16ClFN2O2. The lowest BCUT2D eigenvalue weighted by molar-refractivity contribution is -0.120. The Morgan fingerprint density at radius 2 is 2.28 bits per heavy atom. The van der Waals surface area contributed by atoms with Crippen molar-refractivity contribution in [3.05, 3.63) is 34.6 Å². The van der Waals surface area contributed by atoms with E-state index in [2.05, 4.69) is 10.6 Å². The van der Waals surface area contributed by atoms with E-state index >= 15 is 0 Å². The number of hydrogen-bond donors (Lipinski definition) is 2. The number of hydrogen-bond acceptors (Lipinski definition) is 3. The Hall–Kier alpha value is -1.17. The number of amides is 1. The van der Waals surface area contributed by atoms with Crippen molar-refractivity contribution in [1.29, 1.82) is 0 Å². The average molecular weight is 275 g/mol. The van der Waals surface area contributed by atoms with Gasteiger partial charge in [0.25, 0.3) is 0 Å². The Labute approximate surface area is 110 Å². The van der Waals surface area contributed by atoms with Gasteiger partial charge in [-0.2, -0.15) is 0 Å². The van der Waals surface area contributed by atoms with Crippen LogP contribution in [0, 0.1) is 5.82 Å². The number of halogens is 2. The first-order valence-corrected chi connectivity index (χ1v) is 5.91. The van der Waals surface area contributed by atoms with Crippen LogP contribution in [0.1, 0.15) is 5.56 Å². The minimum absolute atomic E-state index is 0.121. The maximum Gasteiger partial charge on any atom is 0.234 e. The lowest BCUT2D eigenvalue weighted by atomic mass is 10.2. The van der Waals surface area contributed by atoms with Gasteiger partial charge >= 0.3 is 0 Å². The molecule has 18 heavy (non-hydrogen) atoms. The third-order valence-electron chi connectivity index (χ3n) is 2.24. The van der Waals surface area contributed by atoms with Gasteiger partial charge in [-0.3, -0.25) is 4.79 Å². The maximum atomic E-state index is 13.3. The molecule has 0 atom stereocenters. The lowest BCUT2D eigenvalue weighted by Gasteiger charge is -2.07. The molecule has 2 N–H and O–H groups in total. The summed E-state index contributed by atoms with van der Waals surface area (Å²) in [5, 5.41) is 5.96. The molecule has 0 aromatic heterocycles. The van der Waals surface area contributed by atoms with Gasteiger partial charge in [0.2, 0.25) is 5.91 Å². The fraction of sp³-hybridized carbons (Fsp3) is 0.417. The maximum absolute atomic E-state index is 13.3. The van der Waals surface area contributed by atoms with Crippen molar-refractivity contribution in [3.8, 4) is 0 Å². The summed E-state index contributed by atoms with van der Waals surface area (Å²) in [7, 11) is 1.56. The fourth-order valence-electron chi connectivity index (χ4n) is 1.34. The van der Waals surface area contributed by atoms with E-state index in [0.717, 1.165) is 0 Å². The quantitative estimate of drug-likeness (QED) is 0.738. The van der Waals surface area contributed by atoms with Crippen LogP contribution in [0.4, 0.5) is 4.39 Å². The van der Waals surface area contributed by atoms with E-state index in [0.29, 0.717) is 23.7 Å². The van der Waals surface area contributed by atoms with Crippen LogP contribution < -0.4 is 10.6 Å². The number of rotatable bonds is 7. The van der Waals surface area contributed by atoms with Crippen molar-refractivity contribution in [2.75, 3.05) is 26.8 Å². The molecule has 4 nitrogen and oxygen atoms in total. The van der Waals surface area contributed by atoms with Gasteiger partial charge in [-0.25, -0.2) is 4.39 Å². The highest BCUT2D eigenvalue weighted by molar-refractivity contribution is 6.30. The summed E-state index contributed by atoms with van der Waals surface area (Å²) in [6.45, 7) is 1.30. The number of carbonyl (C=O) groups excluding carboxylic acids is 1. The largest absolute Gasteiger partial charge is 0.383 e. The van der Waals surface area contributed by atoms with E-state index in [1.165, 1.54) is 18.2 Å². The van der Waals surface area contributed by atoms with E-state index in [9.17, 15) is 9.18 Å². The van der Waals surface area contributed by atoms with Crippen LogP contribution in [0.2, 0.25) is 5.02 Å². The van der Waals surface area contributed by atoms with Crippen molar-refractivity contribution in [2.24, 2.45) is 0 Å². The van der Waals surface area contributed by atoms with Gasteiger partial charge in [0.1, 0.15) is 5.82 Å². The van der Waals surface area contributed by atoms with Crippen molar-refractivity contribution in [2.45, 2.75) is 6.54 Å². The van der Waals surface area contributed by atoms with E-state index in [1.807, 2.05) is 0 Å². The molecule has 0 bridgehead atoms. The van der Waals surface area contributed by atoms with Crippen molar-refractivity contribution in [1.82, 2.24) is 10.6 Å². The van der Waals surface area contributed by atoms with Gasteiger partial charge in [-0.15, -0.1) is 0 Å². The number of ether oxygens (including phenoxy) is 1. The molecule has 0 unspecified atom stereocenters. The summed E-state index contributed by atoms with van der Waals surface area (Å²) >= 11 is 5.76. The highest BCUT2D eigenvalue weighted by Gasteiger charge is 2.04. The summed E-state index contributed by atoms with van der Waals surface area (Å²) in [4.78, 5) is 11.3. The summed E-state index contributed by atoms with van der Waals surface area (Å²) in [5.41, 5.74) is 0.437. The molecule has 6 heteroatoms. The predicted octanol–water partition coefficient (Wildman–Crippen LogP) is 1.33. The second kappa shape index (κ2) is 8.02. The van der Waals surface area contributed by atoms with E-state index < -0.39 is 0 Å². The zero-order valence-corrected chi connectivity index (χ0v) is 10.9. The second-order valence-corrected chi connectivity index (χ2v) is 4.12. The summed E-state index contributed by atoms with van der Waals surface area (Å²) < 4.78 is 18.1. The van der Waals surface area contributed by atoms with Crippen LogP contribution in [-0.2, 0) is 16.1 Å². The predicted molar refractivity (Wildman–Crippen MR) is 68.0 cm³/mol. The van der Waals surface area contributed by atoms with E-state index in [1.54, 1.807) is 7.11 Å². The Balaban J connectivity index is 2.28. The average Bonchev–Trinajstić information content (AvgIpc) is 2.34. The molecule has 1 amide bonds. The topological polar surface area (TPSA) is 50.4 Å². The Kier molecular flexibility index (Phi) is 6.64. The monoisotopic (exact) mass is 274 g/mol. The molecule has 0 saturated heterocycles. The SMILES string of the molecule is COCCNC(=O)CNCc1cc(Cl)ccc1F. The summed E-state index contributed by atoms with van der Waals surface area (Å²) in [5.74, 6) is -0.499. The Morgan fingerprint density at radius 3 is 3.00 bits per heavy atom. The lowest BCUT2D eigenvalue weighted by Crippen LogP contribution is -2.35. The number of nitrogens with one attached hydrogen (secondary N) is 2. The van der Waals surface area contributed by atoms with Crippen LogP contribution in [0.5, 0.6) is 0 Å². The van der Waals surface area contributed by atoms with Crippen LogP contribution in [0.3, 0.4) is 0 Å². The number of carbonyl (C=O) groups is 1. The van der Waals surface area contributed by atoms with Crippen molar-refractivity contribution < 1.29 is 13.9 Å². The molecule has 0 aliphatic heterocycles. The third-order valence-corrected chi connectivity index (χ3v) is 2.47. The molecule has 0 aliphatic carbocycles. The van der Waals surface area contributed by atoms with E-state index in [4.69, 9.17) is 16.3 Å². The summed E-state index contributed by atoms with van der Waals surface area (Å²) in [6.07, 6.45) is 0. The van der Waals surface area contributed by atoms with Gasteiger partial charge in [0, 0.05) is 30.8 Å². The molecule has 1 aromatic carbocycles. The summed E-state index contributed by atoms with van der Waals surface area (Å²) in [6, 6.07) is 4.32. The molecule has 1 rings (SSSR count). The van der Waals surface area contributed by atoms with Crippen molar-refractivity contribution >= 4 is 17.5 Å². The molecule has 0 heterocycles. The Morgan fingerprint density at radius 1 is 1.50 bits per heavy atom. The molecule has 0 spiro atoms. The van der Waals surface area contributed by atoms with Crippen LogP contribution >= 0.6 is 11.6 Å². The van der Waals surface area contributed by atoms with Gasteiger partial charge < -0.3 is 15.4 Å². The number of benzene rings is 1. The van der Waals surface area contributed by atoms with Crippen LogP contribution in [-0.4, -0.2) is 32.7 Å². The zero-order valence-electron chi connectivity index (χ0n) is 10.1. The normalized spacial score (nSPS) is 10.4. The molecular weight excluding hydrogens is 259 g/mol. The van der Waals surface area contributed by atoms with E-state index in [-0.39, 0.29) is 24.8 Å². The molecule has 100 valence electrons. The van der Waals surface area contributed by atoms with Gasteiger partial charge in [-0.1, -0.05) is 11.6 Å². The third kappa shape index (κ3) is 5.44. The molecule has 1 aromatic rings. The molecule has 0 fully saturated rings. The molecule has 0 saturated carbocycles. The Bertz CT molecular complexity index is 402. The smallest absolute Gasteiger partial charge is 0.234 e. The first-order chi connectivity index (χ1) is 8.63. The minimum Gasteiger partial charge on any atom is -0.383 e. The molecule has 0 radical (unpaired) electrons. The first-order valence-electron chi connectivity index (χ1n) is 5.53. The standard InChI is InChI=1S/C12H16ClFN2O2/c1-18-5-4-16-12(17)8-15-7-9-6-10(13)2-3-11(9)14/h2-3,6,15H,4-5,7-8H2,1H3,(H,16,17). The van der Waals surface area contributed by atoms with Gasteiger partial charge in [0.15, 0.2) is 0 Å². The first kappa shape index (κ1) is 14.9. The van der Waals surface area contributed by atoms with Gasteiger partial charge in [0.05, 0.1) is 13.2 Å². The van der Waals surface area contributed by atoms with Crippen LogP contribution in [0.25, 0.3) is 0 Å².